The maximum absolute atomic E-state index is 13.0. The molecule has 0 amide bonds. The minimum absolute atomic E-state index is 0. The Morgan fingerprint density at radius 3 is 2.43 bits per heavy atom. The number of hydrogen-bond donors (Lipinski definition) is 1. The summed E-state index contributed by atoms with van der Waals surface area (Å²) < 4.78 is 50.1. The van der Waals surface area contributed by atoms with E-state index in [0.29, 0.717) is 51.6 Å². The molecule has 2 aliphatic rings. The largest absolute Gasteiger partial charge is 0.416 e. The second-order valence-corrected chi connectivity index (χ2v) is 7.42. The van der Waals surface area contributed by atoms with Gasteiger partial charge in [0, 0.05) is 78.6 Å². The third kappa shape index (κ3) is 6.13. The van der Waals surface area contributed by atoms with Gasteiger partial charge in [-0.15, -0.1) is 24.0 Å². The van der Waals surface area contributed by atoms with Crippen LogP contribution in [0, 0.1) is 0 Å². The predicted octanol–water partition coefficient (Wildman–Crippen LogP) is 3.22. The minimum Gasteiger partial charge on any atom is -0.381 e. The smallest absolute Gasteiger partial charge is 0.381 e. The van der Waals surface area contributed by atoms with Gasteiger partial charge in [-0.2, -0.15) is 13.2 Å². The molecule has 6 nitrogen and oxygen atoms in total. The van der Waals surface area contributed by atoms with Crippen molar-refractivity contribution in [2.24, 2.45) is 4.99 Å². The van der Waals surface area contributed by atoms with Crippen LogP contribution in [0.4, 0.5) is 18.9 Å². The third-order valence-corrected chi connectivity index (χ3v) is 5.74. The van der Waals surface area contributed by atoms with Crippen molar-refractivity contribution < 1.29 is 22.6 Å². The van der Waals surface area contributed by atoms with E-state index in [1.807, 2.05) is 4.90 Å². The molecular formula is C20H30F3IN4O2. The van der Waals surface area contributed by atoms with E-state index in [1.165, 1.54) is 12.1 Å². The van der Waals surface area contributed by atoms with Crippen LogP contribution in [0.2, 0.25) is 0 Å². The lowest BCUT2D eigenvalue weighted by atomic mass is 9.94. The lowest BCUT2D eigenvalue weighted by molar-refractivity contribution is -0.137. The molecule has 0 atom stereocenters. The van der Waals surface area contributed by atoms with Gasteiger partial charge in [0.15, 0.2) is 5.96 Å². The lowest BCUT2D eigenvalue weighted by Crippen LogP contribution is -2.56. The molecule has 2 aliphatic heterocycles. The highest BCUT2D eigenvalue weighted by Crippen LogP contribution is 2.32. The van der Waals surface area contributed by atoms with Gasteiger partial charge in [-0.25, -0.2) is 0 Å². The Labute approximate surface area is 192 Å². The number of hydrogen-bond acceptors (Lipinski definition) is 4. The summed E-state index contributed by atoms with van der Waals surface area (Å²) in [6.45, 7) is 4.63. The first-order chi connectivity index (χ1) is 13.9. The quantitative estimate of drug-likeness (QED) is 0.360. The molecule has 0 unspecified atom stereocenters. The molecule has 2 saturated heterocycles. The van der Waals surface area contributed by atoms with Crippen molar-refractivity contribution in [2.45, 2.75) is 24.6 Å². The Balaban J connectivity index is 0.00000320. The van der Waals surface area contributed by atoms with E-state index < -0.39 is 11.7 Å². The molecule has 0 bridgehead atoms. The summed E-state index contributed by atoms with van der Waals surface area (Å²) in [6, 6.07) is 5.51. The molecular weight excluding hydrogens is 512 g/mol. The van der Waals surface area contributed by atoms with Crippen LogP contribution in [0.1, 0.15) is 18.4 Å². The van der Waals surface area contributed by atoms with Gasteiger partial charge in [0.05, 0.1) is 11.2 Å². The number of halogens is 4. The molecule has 3 rings (SSSR count). The average Bonchev–Trinajstić information content (AvgIpc) is 2.75. The van der Waals surface area contributed by atoms with Crippen molar-refractivity contribution in [1.29, 1.82) is 0 Å². The fraction of sp³-hybridized carbons (Fsp3) is 0.650. The molecule has 0 spiro atoms. The first-order valence-electron chi connectivity index (χ1n) is 9.88. The Hall–Kier alpha value is -1.27. The summed E-state index contributed by atoms with van der Waals surface area (Å²) in [6.07, 6.45) is -2.67. The fourth-order valence-corrected chi connectivity index (χ4v) is 3.82. The zero-order valence-electron chi connectivity index (χ0n) is 17.4. The van der Waals surface area contributed by atoms with Crippen LogP contribution in [0.25, 0.3) is 0 Å². The van der Waals surface area contributed by atoms with E-state index in [1.54, 1.807) is 20.2 Å². The van der Waals surface area contributed by atoms with Gasteiger partial charge in [0.1, 0.15) is 0 Å². The number of alkyl halides is 3. The number of nitrogens with zero attached hydrogens (tertiary/aromatic N) is 3. The van der Waals surface area contributed by atoms with E-state index in [4.69, 9.17) is 9.47 Å². The standard InChI is InChI=1S/C20H29F3N4O2.HI/c1-24-18(25-15-19(28-2)6-12-29-13-7-19)27-10-8-26(9-11-27)17-5-3-4-16(14-17)20(21,22)23;/h3-5,14H,6-13,15H2,1-2H3,(H,24,25);1H. The first kappa shape index (κ1) is 25.0. The van der Waals surface area contributed by atoms with Crippen molar-refractivity contribution in [2.75, 3.05) is 65.0 Å². The van der Waals surface area contributed by atoms with Crippen molar-refractivity contribution in [3.05, 3.63) is 29.8 Å². The van der Waals surface area contributed by atoms with Gasteiger partial charge in [-0.3, -0.25) is 4.99 Å². The maximum Gasteiger partial charge on any atom is 0.416 e. The zero-order valence-corrected chi connectivity index (χ0v) is 19.7. The third-order valence-electron chi connectivity index (χ3n) is 5.74. The van der Waals surface area contributed by atoms with Crippen LogP contribution < -0.4 is 10.2 Å². The highest BCUT2D eigenvalue weighted by molar-refractivity contribution is 14.0. The molecule has 1 aromatic carbocycles. The van der Waals surface area contributed by atoms with E-state index >= 15 is 0 Å². The number of rotatable bonds is 4. The van der Waals surface area contributed by atoms with Crippen molar-refractivity contribution in [3.63, 3.8) is 0 Å². The van der Waals surface area contributed by atoms with Gasteiger partial charge < -0.3 is 24.6 Å². The summed E-state index contributed by atoms with van der Waals surface area (Å²) in [5.41, 5.74) is -0.271. The topological polar surface area (TPSA) is 49.3 Å². The second kappa shape index (κ2) is 10.9. The van der Waals surface area contributed by atoms with E-state index in [0.717, 1.165) is 24.9 Å². The van der Waals surface area contributed by atoms with Gasteiger partial charge in [-0.05, 0) is 18.2 Å². The normalized spacial score (nSPS) is 20.0. The predicted molar refractivity (Wildman–Crippen MR) is 122 cm³/mol. The highest BCUT2D eigenvalue weighted by Gasteiger charge is 2.34. The van der Waals surface area contributed by atoms with Gasteiger partial charge >= 0.3 is 6.18 Å². The molecule has 0 aliphatic carbocycles. The monoisotopic (exact) mass is 542 g/mol. The summed E-state index contributed by atoms with van der Waals surface area (Å²) >= 11 is 0. The maximum atomic E-state index is 13.0. The van der Waals surface area contributed by atoms with Gasteiger partial charge in [-0.1, -0.05) is 6.07 Å². The summed E-state index contributed by atoms with van der Waals surface area (Å²) in [5.74, 6) is 0.789. The van der Waals surface area contributed by atoms with Gasteiger partial charge in [0.2, 0.25) is 0 Å². The zero-order chi connectivity index (χ0) is 20.9. The summed E-state index contributed by atoms with van der Waals surface area (Å²) in [5, 5.41) is 3.41. The molecule has 30 heavy (non-hydrogen) atoms. The number of aliphatic imine (C=N–C) groups is 1. The number of guanidine groups is 1. The number of ether oxygens (including phenoxy) is 2. The molecule has 2 heterocycles. The highest BCUT2D eigenvalue weighted by atomic mass is 127. The number of nitrogens with one attached hydrogen (secondary N) is 1. The molecule has 0 aromatic heterocycles. The SMILES string of the molecule is CN=C(NCC1(OC)CCOCC1)N1CCN(c2cccc(C(F)(F)F)c2)CC1.I. The molecule has 2 fully saturated rings. The average molecular weight is 542 g/mol. The Bertz CT molecular complexity index is 704. The van der Waals surface area contributed by atoms with E-state index in [9.17, 15) is 13.2 Å². The molecule has 0 radical (unpaired) electrons. The fourth-order valence-electron chi connectivity index (χ4n) is 3.82. The summed E-state index contributed by atoms with van der Waals surface area (Å²) in [4.78, 5) is 8.50. The van der Waals surface area contributed by atoms with Crippen LogP contribution in [-0.2, 0) is 15.7 Å². The second-order valence-electron chi connectivity index (χ2n) is 7.42. The Kier molecular flexibility index (Phi) is 9.04. The Morgan fingerprint density at radius 2 is 1.87 bits per heavy atom. The van der Waals surface area contributed by atoms with Gasteiger partial charge in [0.25, 0.3) is 0 Å². The van der Waals surface area contributed by atoms with Crippen molar-refractivity contribution >= 4 is 35.6 Å². The number of benzene rings is 1. The number of anilines is 1. The summed E-state index contributed by atoms with van der Waals surface area (Å²) in [7, 11) is 3.47. The number of piperazine rings is 1. The van der Waals surface area contributed by atoms with Crippen LogP contribution in [0.3, 0.4) is 0 Å². The molecule has 170 valence electrons. The van der Waals surface area contributed by atoms with E-state index in [-0.39, 0.29) is 29.6 Å². The van der Waals surface area contributed by atoms with Crippen LogP contribution in [0.5, 0.6) is 0 Å². The van der Waals surface area contributed by atoms with Crippen LogP contribution >= 0.6 is 24.0 Å². The van der Waals surface area contributed by atoms with E-state index in [2.05, 4.69) is 15.2 Å². The van der Waals surface area contributed by atoms with Crippen LogP contribution in [0.15, 0.2) is 29.3 Å². The molecule has 1 aromatic rings. The molecule has 1 N–H and O–H groups in total. The minimum atomic E-state index is -4.33. The van der Waals surface area contributed by atoms with Crippen molar-refractivity contribution in [3.8, 4) is 0 Å². The van der Waals surface area contributed by atoms with Crippen molar-refractivity contribution in [1.82, 2.24) is 10.2 Å². The molecule has 10 heteroatoms. The molecule has 0 saturated carbocycles. The lowest BCUT2D eigenvalue weighted by Gasteiger charge is -2.40. The van der Waals surface area contributed by atoms with Crippen LogP contribution in [-0.4, -0.2) is 76.6 Å². The Morgan fingerprint density at radius 1 is 1.20 bits per heavy atom. The number of methoxy groups -OCH3 is 1. The first-order valence-corrected chi connectivity index (χ1v) is 9.88.